The van der Waals surface area contributed by atoms with E-state index in [0.717, 1.165) is 18.4 Å². The van der Waals surface area contributed by atoms with Gasteiger partial charge in [0.25, 0.3) is 0 Å². The maximum Gasteiger partial charge on any atom is 0.0969 e. The molecule has 0 radical (unpaired) electrons. The molecule has 0 saturated heterocycles. The number of aromatic nitrogens is 2. The molecule has 0 amide bonds. The van der Waals surface area contributed by atoms with Crippen molar-refractivity contribution >= 4 is 32.6 Å². The van der Waals surface area contributed by atoms with Crippen molar-refractivity contribution in [1.29, 1.82) is 0 Å². The van der Waals surface area contributed by atoms with Gasteiger partial charge in [0, 0.05) is 24.9 Å². The van der Waals surface area contributed by atoms with Crippen molar-refractivity contribution in [1.82, 2.24) is 9.55 Å². The van der Waals surface area contributed by atoms with E-state index in [0.29, 0.717) is 0 Å². The first-order valence-corrected chi connectivity index (χ1v) is 11.4. The van der Waals surface area contributed by atoms with Crippen LogP contribution in [0.5, 0.6) is 0 Å². The summed E-state index contributed by atoms with van der Waals surface area (Å²) in [5, 5.41) is 5.03. The number of benzene rings is 4. The summed E-state index contributed by atoms with van der Waals surface area (Å²) in [6.45, 7) is 6.65. The van der Waals surface area contributed by atoms with Crippen molar-refractivity contribution in [2.24, 2.45) is 7.05 Å². The Morgan fingerprint density at radius 3 is 2.31 bits per heavy atom. The molecule has 162 valence electrons. The quantitative estimate of drug-likeness (QED) is 0.282. The van der Waals surface area contributed by atoms with E-state index in [9.17, 15) is 0 Å². The van der Waals surface area contributed by atoms with Gasteiger partial charge in [0.2, 0.25) is 0 Å². The Balaban J connectivity index is 1.81. The molecule has 0 aliphatic rings. The summed E-state index contributed by atoms with van der Waals surface area (Å²) in [5.41, 5.74) is 8.83. The zero-order chi connectivity index (χ0) is 22.4. The lowest BCUT2D eigenvalue weighted by Gasteiger charge is -2.19. The fraction of sp³-hybridized carbons (Fsp3) is 0.276. The van der Waals surface area contributed by atoms with E-state index in [1.165, 1.54) is 54.9 Å². The largest absolute Gasteiger partial charge is 0.381 e. The standard InChI is InChI=1S/C29H30N2O/c1-6-21(32-5)16-20-14-18(2)26(19(3)15-20)24-12-9-13-25-27(24)22-10-7-8-11-23(22)29-28(25)30-17-31(29)4/h7-15,17,21H,6,16H2,1-5H3. The second-order valence-electron chi connectivity index (χ2n) is 8.90. The number of ether oxygens (including phenoxy) is 1. The van der Waals surface area contributed by atoms with Crippen molar-refractivity contribution in [3.05, 3.63) is 77.6 Å². The summed E-state index contributed by atoms with van der Waals surface area (Å²) >= 11 is 0. The van der Waals surface area contributed by atoms with Gasteiger partial charge in [0.1, 0.15) is 0 Å². The first-order valence-electron chi connectivity index (χ1n) is 11.4. The van der Waals surface area contributed by atoms with Gasteiger partial charge in [-0.05, 0) is 65.3 Å². The molecule has 1 unspecified atom stereocenters. The van der Waals surface area contributed by atoms with Crippen molar-refractivity contribution < 1.29 is 4.74 Å². The minimum absolute atomic E-state index is 0.263. The highest BCUT2D eigenvalue weighted by Crippen LogP contribution is 2.41. The fourth-order valence-electron chi connectivity index (χ4n) is 5.35. The van der Waals surface area contributed by atoms with E-state index in [-0.39, 0.29) is 6.10 Å². The van der Waals surface area contributed by atoms with Crippen LogP contribution in [0.25, 0.3) is 43.7 Å². The molecule has 0 aliphatic heterocycles. The Kier molecular flexibility index (Phi) is 5.22. The Hall–Kier alpha value is -3.17. The van der Waals surface area contributed by atoms with Crippen molar-refractivity contribution in [3.8, 4) is 11.1 Å². The van der Waals surface area contributed by atoms with Gasteiger partial charge in [-0.15, -0.1) is 0 Å². The lowest BCUT2D eigenvalue weighted by atomic mass is 9.87. The molecular formula is C29H30N2O. The maximum absolute atomic E-state index is 5.64. The zero-order valence-electron chi connectivity index (χ0n) is 19.6. The zero-order valence-corrected chi connectivity index (χ0v) is 19.6. The molecule has 1 atom stereocenters. The third-order valence-corrected chi connectivity index (χ3v) is 6.82. The molecule has 0 saturated carbocycles. The average molecular weight is 423 g/mol. The Labute approximate surface area is 189 Å². The number of hydrogen-bond donors (Lipinski definition) is 0. The van der Waals surface area contributed by atoms with Crippen LogP contribution in [0.15, 0.2) is 60.9 Å². The number of methoxy groups -OCH3 is 1. The first-order chi connectivity index (χ1) is 15.5. The molecule has 0 bridgehead atoms. The predicted octanol–water partition coefficient (Wildman–Crippen LogP) is 7.13. The Morgan fingerprint density at radius 1 is 0.938 bits per heavy atom. The monoisotopic (exact) mass is 422 g/mol. The molecule has 32 heavy (non-hydrogen) atoms. The molecular weight excluding hydrogens is 392 g/mol. The van der Waals surface area contributed by atoms with Gasteiger partial charge in [-0.1, -0.05) is 61.5 Å². The molecule has 3 heteroatoms. The van der Waals surface area contributed by atoms with Crippen molar-refractivity contribution in [2.75, 3.05) is 7.11 Å². The van der Waals surface area contributed by atoms with E-state index in [1.807, 2.05) is 13.4 Å². The lowest BCUT2D eigenvalue weighted by molar-refractivity contribution is 0.0998. The molecule has 4 aromatic carbocycles. The Bertz CT molecular complexity index is 1430. The summed E-state index contributed by atoms with van der Waals surface area (Å²) in [4.78, 5) is 4.79. The molecule has 5 aromatic rings. The van der Waals surface area contributed by atoms with E-state index in [2.05, 4.69) is 87.0 Å². The van der Waals surface area contributed by atoms with E-state index in [1.54, 1.807) is 0 Å². The van der Waals surface area contributed by atoms with Crippen LogP contribution in [0.2, 0.25) is 0 Å². The molecule has 3 nitrogen and oxygen atoms in total. The van der Waals surface area contributed by atoms with Gasteiger partial charge >= 0.3 is 0 Å². The van der Waals surface area contributed by atoms with Gasteiger partial charge in [-0.2, -0.15) is 0 Å². The van der Waals surface area contributed by atoms with Gasteiger partial charge in [-0.25, -0.2) is 4.98 Å². The second-order valence-corrected chi connectivity index (χ2v) is 8.90. The number of hydrogen-bond acceptors (Lipinski definition) is 2. The van der Waals surface area contributed by atoms with Crippen LogP contribution in [0, 0.1) is 13.8 Å². The highest BCUT2D eigenvalue weighted by molar-refractivity contribution is 6.26. The van der Waals surface area contributed by atoms with Crippen LogP contribution in [0.1, 0.15) is 30.0 Å². The lowest BCUT2D eigenvalue weighted by Crippen LogP contribution is -2.12. The van der Waals surface area contributed by atoms with Crippen LogP contribution < -0.4 is 0 Å². The molecule has 0 N–H and O–H groups in total. The highest BCUT2D eigenvalue weighted by atomic mass is 16.5. The van der Waals surface area contributed by atoms with Crippen molar-refractivity contribution in [3.63, 3.8) is 0 Å². The average Bonchev–Trinajstić information content (AvgIpc) is 3.19. The molecule has 0 fully saturated rings. The van der Waals surface area contributed by atoms with Gasteiger partial charge in [-0.3, -0.25) is 0 Å². The SMILES string of the molecule is CCC(Cc1cc(C)c(-c2cccc3c4ncn(C)c4c4ccccc4c23)c(C)c1)OC. The van der Waals surface area contributed by atoms with Crippen LogP contribution in [0.3, 0.4) is 0 Å². The minimum Gasteiger partial charge on any atom is -0.381 e. The van der Waals surface area contributed by atoms with Gasteiger partial charge < -0.3 is 9.30 Å². The Morgan fingerprint density at radius 2 is 1.62 bits per heavy atom. The molecule has 1 heterocycles. The topological polar surface area (TPSA) is 27.1 Å². The van der Waals surface area contributed by atoms with Crippen LogP contribution in [0.4, 0.5) is 0 Å². The minimum atomic E-state index is 0.263. The molecule has 0 spiro atoms. The summed E-state index contributed by atoms with van der Waals surface area (Å²) in [5.74, 6) is 0. The number of imidazole rings is 1. The molecule has 1 aromatic heterocycles. The summed E-state index contributed by atoms with van der Waals surface area (Å²) in [6.07, 6.45) is 4.15. The fourth-order valence-corrected chi connectivity index (χ4v) is 5.35. The first kappa shape index (κ1) is 20.7. The number of nitrogens with zero attached hydrogens (tertiary/aromatic N) is 2. The van der Waals surface area contributed by atoms with Gasteiger partial charge in [0.15, 0.2) is 0 Å². The van der Waals surface area contributed by atoms with Crippen LogP contribution in [-0.4, -0.2) is 22.8 Å². The maximum atomic E-state index is 5.64. The van der Waals surface area contributed by atoms with E-state index >= 15 is 0 Å². The summed E-state index contributed by atoms with van der Waals surface area (Å²) in [6, 6.07) is 20.0. The third kappa shape index (κ3) is 3.20. The number of rotatable bonds is 5. The third-order valence-electron chi connectivity index (χ3n) is 6.82. The van der Waals surface area contributed by atoms with Gasteiger partial charge in [0.05, 0.1) is 23.5 Å². The predicted molar refractivity (Wildman–Crippen MR) is 135 cm³/mol. The normalized spacial score (nSPS) is 12.8. The van der Waals surface area contributed by atoms with Crippen molar-refractivity contribution in [2.45, 2.75) is 39.7 Å². The van der Waals surface area contributed by atoms with Crippen LogP contribution in [-0.2, 0) is 18.2 Å². The van der Waals surface area contributed by atoms with E-state index in [4.69, 9.17) is 9.72 Å². The molecule has 0 aliphatic carbocycles. The smallest absolute Gasteiger partial charge is 0.0969 e. The number of fused-ring (bicyclic) bond motifs is 6. The van der Waals surface area contributed by atoms with Crippen LogP contribution >= 0.6 is 0 Å². The summed E-state index contributed by atoms with van der Waals surface area (Å²) in [7, 11) is 3.88. The molecule has 5 rings (SSSR count). The number of aryl methyl sites for hydroxylation is 3. The highest BCUT2D eigenvalue weighted by Gasteiger charge is 2.18. The second kappa shape index (κ2) is 8.07. The van der Waals surface area contributed by atoms with E-state index < -0.39 is 0 Å². The summed E-state index contributed by atoms with van der Waals surface area (Å²) < 4.78 is 7.77.